The van der Waals surface area contributed by atoms with E-state index >= 15 is 0 Å². The molecule has 0 radical (unpaired) electrons. The molecule has 66 valence electrons. The van der Waals surface area contributed by atoms with Crippen LogP contribution in [0.5, 0.6) is 0 Å². The van der Waals surface area contributed by atoms with Crippen LogP contribution >= 0.6 is 23.2 Å². The molecule has 13 heavy (non-hydrogen) atoms. The molecule has 0 heterocycles. The predicted molar refractivity (Wildman–Crippen MR) is 57.5 cm³/mol. The smallest absolute Gasteiger partial charge is 0.0831 e. The molecule has 2 N–H and O–H groups in total. The van der Waals surface area contributed by atoms with Crippen molar-refractivity contribution in [2.24, 2.45) is 5.73 Å². The summed E-state index contributed by atoms with van der Waals surface area (Å²) in [5.41, 5.74) is 6.55. The highest BCUT2D eigenvalue weighted by Gasteiger charge is 1.97. The molecule has 0 atom stereocenters. The maximum atomic E-state index is 5.88. The monoisotopic (exact) mass is 211 g/mol. The second kappa shape index (κ2) is 4.23. The first-order chi connectivity index (χ1) is 6.13. The van der Waals surface area contributed by atoms with E-state index in [2.05, 4.69) is 5.92 Å². The van der Waals surface area contributed by atoms with E-state index in [4.69, 9.17) is 35.4 Å². The predicted octanol–water partition coefficient (Wildman–Crippen LogP) is 2.93. The third-order valence-electron chi connectivity index (χ3n) is 1.44. The van der Waals surface area contributed by atoms with Crippen LogP contribution in [0.3, 0.4) is 0 Å². The van der Waals surface area contributed by atoms with E-state index in [1.165, 1.54) is 0 Å². The summed E-state index contributed by atoms with van der Waals surface area (Å²) in [5.74, 6) is 2.30. The normalized spacial score (nSPS) is 11.0. The number of allylic oxidation sites excluding steroid dienone is 1. The molecule has 1 rings (SSSR count). The zero-order chi connectivity index (χ0) is 9.84. The van der Waals surface area contributed by atoms with E-state index in [1.54, 1.807) is 24.3 Å². The van der Waals surface area contributed by atoms with Crippen molar-refractivity contribution < 1.29 is 0 Å². The SMILES string of the molecule is C#C/C(N)=C\c1ccc(Cl)cc1Cl. The van der Waals surface area contributed by atoms with Crippen LogP contribution in [-0.2, 0) is 0 Å². The molecule has 3 heteroatoms. The number of nitrogens with two attached hydrogens (primary N) is 1. The lowest BCUT2D eigenvalue weighted by molar-refractivity contribution is 1.49. The van der Waals surface area contributed by atoms with E-state index in [1.807, 2.05) is 0 Å². The van der Waals surface area contributed by atoms with Crippen LogP contribution in [-0.4, -0.2) is 0 Å². The van der Waals surface area contributed by atoms with Crippen LogP contribution in [0.4, 0.5) is 0 Å². The molecule has 0 aliphatic rings. The van der Waals surface area contributed by atoms with Gasteiger partial charge in [-0.15, -0.1) is 6.42 Å². The van der Waals surface area contributed by atoms with Crippen molar-refractivity contribution >= 4 is 29.3 Å². The van der Waals surface area contributed by atoms with Gasteiger partial charge in [-0.25, -0.2) is 0 Å². The van der Waals surface area contributed by atoms with Crippen molar-refractivity contribution in [3.8, 4) is 12.3 Å². The summed E-state index contributed by atoms with van der Waals surface area (Å²) >= 11 is 11.6. The minimum Gasteiger partial charge on any atom is -0.392 e. The Balaban J connectivity index is 3.12. The largest absolute Gasteiger partial charge is 0.392 e. The number of halogens is 2. The highest BCUT2D eigenvalue weighted by atomic mass is 35.5. The van der Waals surface area contributed by atoms with Crippen LogP contribution in [0, 0.1) is 12.3 Å². The van der Waals surface area contributed by atoms with Crippen molar-refractivity contribution in [1.29, 1.82) is 0 Å². The average Bonchev–Trinajstić information content (AvgIpc) is 2.09. The van der Waals surface area contributed by atoms with Gasteiger partial charge in [0.25, 0.3) is 0 Å². The topological polar surface area (TPSA) is 26.0 Å². The highest BCUT2D eigenvalue weighted by Crippen LogP contribution is 2.22. The van der Waals surface area contributed by atoms with Gasteiger partial charge in [0.15, 0.2) is 0 Å². The lowest BCUT2D eigenvalue weighted by Gasteiger charge is -1.98. The Labute approximate surface area is 87.1 Å². The van der Waals surface area contributed by atoms with E-state index in [-0.39, 0.29) is 0 Å². The molecule has 0 amide bonds. The summed E-state index contributed by atoms with van der Waals surface area (Å²) in [6.45, 7) is 0. The van der Waals surface area contributed by atoms with Crippen molar-refractivity contribution in [1.82, 2.24) is 0 Å². The van der Waals surface area contributed by atoms with Gasteiger partial charge in [0.2, 0.25) is 0 Å². The Morgan fingerprint density at radius 3 is 2.69 bits per heavy atom. The van der Waals surface area contributed by atoms with Crippen molar-refractivity contribution in [2.45, 2.75) is 0 Å². The minimum absolute atomic E-state index is 0.337. The maximum Gasteiger partial charge on any atom is 0.0831 e. The second-order valence-electron chi connectivity index (χ2n) is 2.41. The third-order valence-corrected chi connectivity index (χ3v) is 2.00. The Kier molecular flexibility index (Phi) is 3.25. The third kappa shape index (κ3) is 2.69. The summed E-state index contributed by atoms with van der Waals surface area (Å²) in [4.78, 5) is 0. The Morgan fingerprint density at radius 2 is 2.15 bits per heavy atom. The molecule has 0 aliphatic heterocycles. The average molecular weight is 212 g/mol. The van der Waals surface area contributed by atoms with Gasteiger partial charge in [-0.1, -0.05) is 35.2 Å². The molecule has 0 spiro atoms. The molecule has 0 aliphatic carbocycles. The van der Waals surface area contributed by atoms with Gasteiger partial charge in [0.1, 0.15) is 0 Å². The first kappa shape index (κ1) is 9.98. The van der Waals surface area contributed by atoms with Crippen molar-refractivity contribution in [3.63, 3.8) is 0 Å². The minimum atomic E-state index is 0.337. The fraction of sp³-hybridized carbons (Fsp3) is 0. The first-order valence-electron chi connectivity index (χ1n) is 3.52. The van der Waals surface area contributed by atoms with Gasteiger partial charge in [-0.2, -0.15) is 0 Å². The fourth-order valence-corrected chi connectivity index (χ4v) is 1.29. The second-order valence-corrected chi connectivity index (χ2v) is 3.25. The zero-order valence-corrected chi connectivity index (χ0v) is 8.23. The molecule has 1 aromatic carbocycles. The van der Waals surface area contributed by atoms with E-state index in [0.717, 1.165) is 5.56 Å². The number of rotatable bonds is 1. The van der Waals surface area contributed by atoms with Gasteiger partial charge in [0, 0.05) is 10.0 Å². The molecule has 0 saturated carbocycles. The highest BCUT2D eigenvalue weighted by molar-refractivity contribution is 6.35. The molecule has 0 saturated heterocycles. The summed E-state index contributed by atoms with van der Waals surface area (Å²) in [5, 5.41) is 1.12. The molecular formula is C10H7Cl2N. The van der Waals surface area contributed by atoms with E-state index < -0.39 is 0 Å². The molecule has 1 aromatic rings. The van der Waals surface area contributed by atoms with Crippen LogP contribution in [0.1, 0.15) is 5.56 Å². The molecule has 1 nitrogen and oxygen atoms in total. The Morgan fingerprint density at radius 1 is 1.46 bits per heavy atom. The molecule has 0 fully saturated rings. The van der Waals surface area contributed by atoms with Gasteiger partial charge in [-0.3, -0.25) is 0 Å². The van der Waals surface area contributed by atoms with E-state index in [0.29, 0.717) is 15.7 Å². The van der Waals surface area contributed by atoms with Crippen LogP contribution in [0.2, 0.25) is 10.0 Å². The zero-order valence-electron chi connectivity index (χ0n) is 6.72. The fourth-order valence-electron chi connectivity index (χ4n) is 0.828. The Hall–Kier alpha value is -1.10. The van der Waals surface area contributed by atoms with Gasteiger partial charge >= 0.3 is 0 Å². The van der Waals surface area contributed by atoms with E-state index in [9.17, 15) is 0 Å². The lowest BCUT2D eigenvalue weighted by Crippen LogP contribution is -1.92. The quantitative estimate of drug-likeness (QED) is 0.711. The number of terminal acetylenes is 1. The molecule has 0 aromatic heterocycles. The summed E-state index contributed by atoms with van der Waals surface area (Å²) in [6.07, 6.45) is 6.71. The van der Waals surface area contributed by atoms with Gasteiger partial charge < -0.3 is 5.73 Å². The molecule has 0 unspecified atom stereocenters. The van der Waals surface area contributed by atoms with Crippen molar-refractivity contribution in [2.75, 3.05) is 0 Å². The van der Waals surface area contributed by atoms with Crippen molar-refractivity contribution in [3.05, 3.63) is 39.5 Å². The summed E-state index contributed by atoms with van der Waals surface area (Å²) < 4.78 is 0. The number of hydrogen-bond donors (Lipinski definition) is 1. The standard InChI is InChI=1S/C10H7Cl2N/c1-2-9(13)5-7-3-4-8(11)6-10(7)12/h1,3-6H,13H2/b9-5+. The summed E-state index contributed by atoms with van der Waals surface area (Å²) in [7, 11) is 0. The van der Waals surface area contributed by atoms with Crippen LogP contribution in [0.15, 0.2) is 23.9 Å². The summed E-state index contributed by atoms with van der Waals surface area (Å²) in [6, 6.07) is 5.12. The van der Waals surface area contributed by atoms with Gasteiger partial charge in [0.05, 0.1) is 5.70 Å². The number of hydrogen-bond acceptors (Lipinski definition) is 1. The van der Waals surface area contributed by atoms with Gasteiger partial charge in [-0.05, 0) is 23.8 Å². The van der Waals surface area contributed by atoms with Crippen LogP contribution < -0.4 is 5.73 Å². The first-order valence-corrected chi connectivity index (χ1v) is 4.28. The number of benzene rings is 1. The molecular weight excluding hydrogens is 205 g/mol. The molecule has 0 bridgehead atoms. The Bertz CT molecular complexity index is 388. The van der Waals surface area contributed by atoms with Crippen LogP contribution in [0.25, 0.3) is 6.08 Å². The lowest BCUT2D eigenvalue weighted by atomic mass is 10.2. The maximum absolute atomic E-state index is 5.88.